The van der Waals surface area contributed by atoms with Crippen molar-refractivity contribution in [1.29, 1.82) is 0 Å². The van der Waals surface area contributed by atoms with Crippen molar-refractivity contribution in [1.82, 2.24) is 4.98 Å². The second kappa shape index (κ2) is 5.43. The van der Waals surface area contributed by atoms with Crippen LogP contribution >= 0.6 is 11.3 Å². The number of thiazole rings is 1. The van der Waals surface area contributed by atoms with Gasteiger partial charge in [0.1, 0.15) is 0 Å². The van der Waals surface area contributed by atoms with Crippen molar-refractivity contribution >= 4 is 16.5 Å². The largest absolute Gasteiger partial charge is 0.454 e. The molecule has 0 bridgehead atoms. The molecule has 1 aromatic carbocycles. The smallest absolute Gasteiger partial charge is 0.231 e. The Balaban J connectivity index is 1.54. The number of nitrogens with two attached hydrogens (primary N) is 1. The second-order valence-electron chi connectivity index (χ2n) is 3.96. The van der Waals surface area contributed by atoms with Gasteiger partial charge in [0.25, 0.3) is 0 Å². The lowest BCUT2D eigenvalue weighted by atomic mass is 10.2. The Morgan fingerprint density at radius 2 is 2.21 bits per heavy atom. The van der Waals surface area contributed by atoms with Gasteiger partial charge in [-0.1, -0.05) is 17.4 Å². The van der Waals surface area contributed by atoms with Crippen molar-refractivity contribution in [2.75, 3.05) is 12.2 Å². The number of hydrogen-bond acceptors (Lipinski definition) is 7. The zero-order valence-electron chi connectivity index (χ0n) is 10.1. The molecule has 0 atom stereocenters. The number of anilines is 1. The van der Waals surface area contributed by atoms with Crippen LogP contribution in [0.1, 0.15) is 10.4 Å². The third-order valence-electron chi connectivity index (χ3n) is 2.63. The Morgan fingerprint density at radius 1 is 1.32 bits per heavy atom. The van der Waals surface area contributed by atoms with Gasteiger partial charge < -0.3 is 14.2 Å². The lowest BCUT2D eigenvalue weighted by Crippen LogP contribution is -2.05. The van der Waals surface area contributed by atoms with Crippen LogP contribution < -0.4 is 20.7 Å². The minimum absolute atomic E-state index is 0.287. The molecule has 0 saturated heterocycles. The van der Waals surface area contributed by atoms with Gasteiger partial charge in [0.2, 0.25) is 6.79 Å². The average molecular weight is 279 g/mol. The van der Waals surface area contributed by atoms with Crippen LogP contribution in [-0.2, 0) is 18.0 Å². The molecule has 1 aliphatic heterocycles. The Morgan fingerprint density at radius 3 is 3.05 bits per heavy atom. The molecule has 3 N–H and O–H groups in total. The number of aromatic nitrogens is 1. The highest BCUT2D eigenvalue weighted by atomic mass is 32.1. The first-order chi connectivity index (χ1) is 9.35. The number of benzene rings is 1. The van der Waals surface area contributed by atoms with Crippen molar-refractivity contribution in [2.24, 2.45) is 5.84 Å². The van der Waals surface area contributed by atoms with Gasteiger partial charge in [-0.15, -0.1) is 0 Å². The van der Waals surface area contributed by atoms with E-state index in [1.807, 2.05) is 18.2 Å². The van der Waals surface area contributed by atoms with Crippen molar-refractivity contribution < 1.29 is 14.2 Å². The molecule has 0 aliphatic carbocycles. The summed E-state index contributed by atoms with van der Waals surface area (Å²) in [4.78, 5) is 5.10. The standard InChI is InChI=1S/C12H13N3O3S/c13-15-12-14-4-9(19-12)6-16-5-8-1-2-10-11(3-8)18-7-17-10/h1-4H,5-7,13H2,(H,14,15). The number of nitrogens with zero attached hydrogens (tertiary/aromatic N) is 1. The van der Waals surface area contributed by atoms with E-state index in [4.69, 9.17) is 20.1 Å². The van der Waals surface area contributed by atoms with E-state index >= 15 is 0 Å². The molecule has 0 spiro atoms. The van der Waals surface area contributed by atoms with Crippen LogP contribution in [0.2, 0.25) is 0 Å². The first-order valence-corrected chi connectivity index (χ1v) is 6.54. The van der Waals surface area contributed by atoms with Crippen LogP contribution in [0, 0.1) is 0 Å². The summed E-state index contributed by atoms with van der Waals surface area (Å²) in [7, 11) is 0. The molecule has 0 saturated carbocycles. The van der Waals surface area contributed by atoms with Gasteiger partial charge in [-0.3, -0.25) is 5.43 Å². The monoisotopic (exact) mass is 279 g/mol. The summed E-state index contributed by atoms with van der Waals surface area (Å²) in [5, 5.41) is 0.682. The van der Waals surface area contributed by atoms with Gasteiger partial charge >= 0.3 is 0 Å². The lowest BCUT2D eigenvalue weighted by molar-refractivity contribution is 0.109. The van der Waals surface area contributed by atoms with E-state index in [0.717, 1.165) is 21.9 Å². The minimum atomic E-state index is 0.287. The topological polar surface area (TPSA) is 78.6 Å². The van der Waals surface area contributed by atoms with Crippen LogP contribution in [0.5, 0.6) is 11.5 Å². The number of rotatable bonds is 5. The molecule has 7 heteroatoms. The Kier molecular flexibility index (Phi) is 3.49. The zero-order chi connectivity index (χ0) is 13.1. The summed E-state index contributed by atoms with van der Waals surface area (Å²) in [6.07, 6.45) is 1.75. The quantitative estimate of drug-likeness (QED) is 0.642. The normalized spacial score (nSPS) is 12.7. The summed E-state index contributed by atoms with van der Waals surface area (Å²) in [5.74, 6) is 6.82. The molecule has 1 aromatic heterocycles. The molecule has 0 amide bonds. The summed E-state index contributed by atoms with van der Waals surface area (Å²) in [6, 6.07) is 5.79. The summed E-state index contributed by atoms with van der Waals surface area (Å²) in [5.41, 5.74) is 3.55. The molecule has 2 aromatic rings. The molecule has 1 aliphatic rings. The maximum Gasteiger partial charge on any atom is 0.231 e. The van der Waals surface area contributed by atoms with Crippen molar-refractivity contribution in [3.63, 3.8) is 0 Å². The van der Waals surface area contributed by atoms with Gasteiger partial charge in [0, 0.05) is 6.20 Å². The SMILES string of the molecule is NNc1ncc(COCc2ccc3c(c2)OCO3)s1. The Hall–Kier alpha value is -1.83. The highest BCUT2D eigenvalue weighted by Crippen LogP contribution is 2.32. The average Bonchev–Trinajstić information content (AvgIpc) is 3.06. The molecular formula is C12H13N3O3S. The van der Waals surface area contributed by atoms with Crippen LogP contribution in [0.25, 0.3) is 0 Å². The Bertz CT molecular complexity index is 573. The van der Waals surface area contributed by atoms with Gasteiger partial charge in [-0.05, 0) is 17.7 Å². The van der Waals surface area contributed by atoms with E-state index in [9.17, 15) is 0 Å². The fourth-order valence-electron chi connectivity index (χ4n) is 1.74. The molecule has 100 valence electrons. The van der Waals surface area contributed by atoms with Gasteiger partial charge in [0.15, 0.2) is 16.6 Å². The van der Waals surface area contributed by atoms with Crippen LogP contribution in [0.3, 0.4) is 0 Å². The molecule has 0 unspecified atom stereocenters. The van der Waals surface area contributed by atoms with Crippen LogP contribution in [0.15, 0.2) is 24.4 Å². The first-order valence-electron chi connectivity index (χ1n) is 5.73. The summed E-state index contributed by atoms with van der Waals surface area (Å²) in [6.45, 7) is 1.31. The van der Waals surface area contributed by atoms with Gasteiger partial charge in [-0.2, -0.15) is 0 Å². The summed E-state index contributed by atoms with van der Waals surface area (Å²) < 4.78 is 16.2. The molecule has 6 nitrogen and oxygen atoms in total. The van der Waals surface area contributed by atoms with E-state index in [0.29, 0.717) is 18.3 Å². The Labute approximate surface area is 114 Å². The van der Waals surface area contributed by atoms with Crippen molar-refractivity contribution in [3.05, 3.63) is 34.8 Å². The third kappa shape index (κ3) is 2.78. The molecule has 0 radical (unpaired) electrons. The van der Waals surface area contributed by atoms with E-state index < -0.39 is 0 Å². The van der Waals surface area contributed by atoms with Gasteiger partial charge in [0.05, 0.1) is 18.1 Å². The number of hydrogen-bond donors (Lipinski definition) is 2. The minimum Gasteiger partial charge on any atom is -0.454 e. The number of ether oxygens (including phenoxy) is 3. The van der Waals surface area contributed by atoms with E-state index in [2.05, 4.69) is 10.4 Å². The van der Waals surface area contributed by atoms with E-state index in [-0.39, 0.29) is 6.79 Å². The highest BCUT2D eigenvalue weighted by Gasteiger charge is 2.13. The molecule has 3 rings (SSSR count). The molecule has 0 fully saturated rings. The third-order valence-corrected chi connectivity index (χ3v) is 3.53. The van der Waals surface area contributed by atoms with Crippen LogP contribution in [0.4, 0.5) is 5.13 Å². The lowest BCUT2D eigenvalue weighted by Gasteiger charge is -2.04. The maximum absolute atomic E-state index is 5.63. The van der Waals surface area contributed by atoms with E-state index in [1.54, 1.807) is 6.20 Å². The maximum atomic E-state index is 5.63. The molecule has 2 heterocycles. The van der Waals surface area contributed by atoms with E-state index in [1.165, 1.54) is 11.3 Å². The van der Waals surface area contributed by atoms with Crippen LogP contribution in [-0.4, -0.2) is 11.8 Å². The number of nitrogen functional groups attached to an aromatic ring is 1. The number of fused-ring (bicyclic) bond motifs is 1. The second-order valence-corrected chi connectivity index (χ2v) is 5.07. The zero-order valence-corrected chi connectivity index (χ0v) is 10.9. The van der Waals surface area contributed by atoms with Crippen molar-refractivity contribution in [2.45, 2.75) is 13.2 Å². The fraction of sp³-hybridized carbons (Fsp3) is 0.250. The number of hydrazine groups is 1. The highest BCUT2D eigenvalue weighted by molar-refractivity contribution is 7.15. The predicted molar refractivity (Wildman–Crippen MR) is 71.0 cm³/mol. The summed E-state index contributed by atoms with van der Waals surface area (Å²) >= 11 is 1.47. The van der Waals surface area contributed by atoms with Gasteiger partial charge in [-0.25, -0.2) is 10.8 Å². The predicted octanol–water partition coefficient (Wildman–Crippen LogP) is 1.87. The van der Waals surface area contributed by atoms with Crippen molar-refractivity contribution in [3.8, 4) is 11.5 Å². The first kappa shape index (κ1) is 12.2. The molecule has 19 heavy (non-hydrogen) atoms. The molecular weight excluding hydrogens is 266 g/mol. The number of nitrogens with one attached hydrogen (secondary N) is 1. The fourth-order valence-corrected chi connectivity index (χ4v) is 2.40.